The number of carboxylic acids is 1. The Balaban J connectivity index is 1.48. The second kappa shape index (κ2) is 13.7. The van der Waals surface area contributed by atoms with Gasteiger partial charge in [0.2, 0.25) is 0 Å². The average Bonchev–Trinajstić information content (AvgIpc) is 3.03. The molecular formula is C38H36N2O4. The zero-order valence-corrected chi connectivity index (χ0v) is 24.9. The molecule has 5 aromatic carbocycles. The van der Waals surface area contributed by atoms with E-state index in [1.807, 2.05) is 61.5 Å². The molecule has 0 spiro atoms. The Kier molecular flexibility index (Phi) is 9.31. The summed E-state index contributed by atoms with van der Waals surface area (Å²) in [5.74, 6) is 0.194. The van der Waals surface area contributed by atoms with Crippen molar-refractivity contribution in [3.63, 3.8) is 0 Å². The predicted molar refractivity (Wildman–Crippen MR) is 179 cm³/mol. The Morgan fingerprint density at radius 3 is 1.50 bits per heavy atom. The van der Waals surface area contributed by atoms with E-state index in [0.717, 1.165) is 67.9 Å². The number of aryl methyl sites for hydroxylation is 1. The lowest BCUT2D eigenvalue weighted by molar-refractivity contribution is -0.139. The number of carboxylic acid groups (broad SMARTS) is 1. The van der Waals surface area contributed by atoms with Crippen molar-refractivity contribution in [2.75, 3.05) is 24.7 Å². The maximum absolute atomic E-state index is 10.9. The van der Waals surface area contributed by atoms with Crippen LogP contribution >= 0.6 is 0 Å². The normalized spacial score (nSPS) is 10.7. The minimum Gasteiger partial charge on any atom is -0.489 e. The van der Waals surface area contributed by atoms with Crippen LogP contribution in [0.3, 0.4) is 0 Å². The smallest absolute Gasteiger partial charge is 0.341 e. The van der Waals surface area contributed by atoms with Crippen LogP contribution in [-0.2, 0) is 4.79 Å². The van der Waals surface area contributed by atoms with Crippen LogP contribution in [0.15, 0.2) is 121 Å². The lowest BCUT2D eigenvalue weighted by atomic mass is 9.90. The van der Waals surface area contributed by atoms with Crippen molar-refractivity contribution in [2.45, 2.75) is 20.3 Å². The van der Waals surface area contributed by atoms with Gasteiger partial charge in [0, 0.05) is 11.4 Å². The van der Waals surface area contributed by atoms with Crippen molar-refractivity contribution >= 4 is 22.9 Å². The summed E-state index contributed by atoms with van der Waals surface area (Å²) in [6.45, 7) is 4.01. The maximum Gasteiger partial charge on any atom is 0.341 e. The molecule has 0 fully saturated rings. The van der Waals surface area contributed by atoms with Crippen molar-refractivity contribution in [1.29, 1.82) is 0 Å². The SMILES string of the molecule is CCC(COc1ccc(OCC(=O)O)c(C)c1)=C(c1ccc(-c2ccc(N)cc2)cc1)c1ccc(-c2ccc(N)cc2)cc1. The van der Waals surface area contributed by atoms with E-state index in [9.17, 15) is 4.79 Å². The van der Waals surface area contributed by atoms with Gasteiger partial charge in [-0.3, -0.25) is 0 Å². The highest BCUT2D eigenvalue weighted by atomic mass is 16.5. The molecule has 0 atom stereocenters. The summed E-state index contributed by atoms with van der Waals surface area (Å²) < 4.78 is 11.7. The van der Waals surface area contributed by atoms with Crippen LogP contribution in [-0.4, -0.2) is 24.3 Å². The van der Waals surface area contributed by atoms with E-state index in [1.54, 1.807) is 12.1 Å². The van der Waals surface area contributed by atoms with Gasteiger partial charge in [-0.05, 0) is 106 Å². The first-order valence-electron chi connectivity index (χ1n) is 14.5. The lowest BCUT2D eigenvalue weighted by Gasteiger charge is -2.18. The number of rotatable bonds is 11. The fourth-order valence-electron chi connectivity index (χ4n) is 5.12. The van der Waals surface area contributed by atoms with E-state index in [0.29, 0.717) is 18.1 Å². The number of nitrogen functional groups attached to an aromatic ring is 2. The molecule has 0 aliphatic carbocycles. The first-order valence-corrected chi connectivity index (χ1v) is 14.5. The van der Waals surface area contributed by atoms with Crippen LogP contribution in [0.4, 0.5) is 11.4 Å². The van der Waals surface area contributed by atoms with Gasteiger partial charge in [0.25, 0.3) is 0 Å². The quantitative estimate of drug-likeness (QED) is 0.135. The maximum atomic E-state index is 10.9. The minimum absolute atomic E-state index is 0.388. The predicted octanol–water partition coefficient (Wildman–Crippen LogP) is 8.25. The molecule has 0 amide bonds. The third kappa shape index (κ3) is 7.28. The Morgan fingerprint density at radius 2 is 1.09 bits per heavy atom. The van der Waals surface area contributed by atoms with E-state index >= 15 is 0 Å². The van der Waals surface area contributed by atoms with E-state index < -0.39 is 5.97 Å². The molecular weight excluding hydrogens is 548 g/mol. The molecule has 0 aliphatic rings. The second-order valence-electron chi connectivity index (χ2n) is 10.6. The molecule has 0 aliphatic heterocycles. The number of carbonyl (C=O) groups is 1. The van der Waals surface area contributed by atoms with Crippen molar-refractivity contribution in [2.24, 2.45) is 0 Å². The van der Waals surface area contributed by atoms with Gasteiger partial charge in [-0.2, -0.15) is 0 Å². The molecule has 0 saturated heterocycles. The second-order valence-corrected chi connectivity index (χ2v) is 10.6. The molecule has 222 valence electrons. The van der Waals surface area contributed by atoms with Crippen molar-refractivity contribution in [3.8, 4) is 33.8 Å². The highest BCUT2D eigenvalue weighted by Gasteiger charge is 2.14. The third-order valence-electron chi connectivity index (χ3n) is 7.53. The molecule has 5 aromatic rings. The fraction of sp³-hybridized carbons (Fsp3) is 0.132. The summed E-state index contributed by atoms with van der Waals surface area (Å²) in [6.07, 6.45) is 0.785. The largest absolute Gasteiger partial charge is 0.489 e. The molecule has 5 N–H and O–H groups in total. The van der Waals surface area contributed by atoms with E-state index in [4.69, 9.17) is 26.0 Å². The molecule has 6 heteroatoms. The van der Waals surface area contributed by atoms with Gasteiger partial charge in [0.15, 0.2) is 6.61 Å². The van der Waals surface area contributed by atoms with Crippen LogP contribution in [0.1, 0.15) is 30.0 Å². The monoisotopic (exact) mass is 584 g/mol. The summed E-state index contributed by atoms with van der Waals surface area (Å²) in [4.78, 5) is 10.9. The Bertz CT molecular complexity index is 1670. The van der Waals surface area contributed by atoms with Gasteiger partial charge in [0.05, 0.1) is 0 Å². The number of benzene rings is 5. The van der Waals surface area contributed by atoms with E-state index in [1.165, 1.54) is 0 Å². The molecule has 0 unspecified atom stereocenters. The molecule has 0 saturated carbocycles. The van der Waals surface area contributed by atoms with Crippen molar-refractivity contribution < 1.29 is 19.4 Å². The van der Waals surface area contributed by atoms with Crippen LogP contribution in [0.2, 0.25) is 0 Å². The molecule has 0 radical (unpaired) electrons. The van der Waals surface area contributed by atoms with Crippen LogP contribution in [0.5, 0.6) is 11.5 Å². The lowest BCUT2D eigenvalue weighted by Crippen LogP contribution is -2.10. The Morgan fingerprint density at radius 1 is 0.636 bits per heavy atom. The molecule has 0 bridgehead atoms. The average molecular weight is 585 g/mol. The van der Waals surface area contributed by atoms with Gasteiger partial charge in [-0.1, -0.05) is 79.7 Å². The summed E-state index contributed by atoms with van der Waals surface area (Å²) in [6, 6.07) is 38.4. The zero-order chi connectivity index (χ0) is 31.1. The molecule has 44 heavy (non-hydrogen) atoms. The fourth-order valence-corrected chi connectivity index (χ4v) is 5.12. The summed E-state index contributed by atoms with van der Waals surface area (Å²) in [5.41, 5.74) is 23.0. The summed E-state index contributed by atoms with van der Waals surface area (Å²) in [7, 11) is 0. The third-order valence-corrected chi connectivity index (χ3v) is 7.53. The van der Waals surface area contributed by atoms with Crippen molar-refractivity contribution in [1.82, 2.24) is 0 Å². The highest BCUT2D eigenvalue weighted by Crippen LogP contribution is 2.33. The summed E-state index contributed by atoms with van der Waals surface area (Å²) >= 11 is 0. The van der Waals surface area contributed by atoms with Gasteiger partial charge in [-0.25, -0.2) is 4.79 Å². The Labute approximate surface area is 258 Å². The van der Waals surface area contributed by atoms with Crippen LogP contribution < -0.4 is 20.9 Å². The number of aliphatic carboxylic acids is 1. The van der Waals surface area contributed by atoms with Crippen LogP contribution in [0.25, 0.3) is 27.8 Å². The standard InChI is InChI=1S/C38H36N2O4/c1-3-26(23-43-35-20-21-36(25(2)22-35)44-24-37(41)42)38(31-8-4-27(5-9-31)29-12-16-33(39)17-13-29)32-10-6-28(7-11-32)30-14-18-34(40)19-15-30/h4-22H,3,23-24,39-40H2,1-2H3,(H,41,42). The molecule has 0 aromatic heterocycles. The molecule has 6 nitrogen and oxygen atoms in total. The first-order chi connectivity index (χ1) is 21.3. The number of nitrogens with two attached hydrogens (primary N) is 2. The number of hydrogen-bond donors (Lipinski definition) is 3. The van der Waals surface area contributed by atoms with E-state index in [2.05, 4.69) is 55.5 Å². The van der Waals surface area contributed by atoms with Gasteiger partial charge in [0.1, 0.15) is 18.1 Å². The number of anilines is 2. The van der Waals surface area contributed by atoms with Gasteiger partial charge < -0.3 is 26.0 Å². The summed E-state index contributed by atoms with van der Waals surface area (Å²) in [5, 5.41) is 8.93. The van der Waals surface area contributed by atoms with Gasteiger partial charge in [-0.15, -0.1) is 0 Å². The van der Waals surface area contributed by atoms with Crippen molar-refractivity contribution in [3.05, 3.63) is 138 Å². The number of ether oxygens (including phenoxy) is 2. The Hall–Kier alpha value is -5.49. The molecule has 0 heterocycles. The topological polar surface area (TPSA) is 108 Å². The number of hydrogen-bond acceptors (Lipinski definition) is 5. The van der Waals surface area contributed by atoms with E-state index in [-0.39, 0.29) is 6.61 Å². The van der Waals surface area contributed by atoms with Crippen LogP contribution in [0, 0.1) is 6.92 Å². The van der Waals surface area contributed by atoms with Gasteiger partial charge >= 0.3 is 5.97 Å². The highest BCUT2D eigenvalue weighted by molar-refractivity contribution is 5.84. The minimum atomic E-state index is -1.02. The first kappa shape index (κ1) is 30.0. The molecule has 5 rings (SSSR count). The zero-order valence-electron chi connectivity index (χ0n) is 24.9.